The van der Waals surface area contributed by atoms with Crippen LogP contribution in [0.25, 0.3) is 0 Å². The molecule has 3 nitrogen and oxygen atoms in total. The van der Waals surface area contributed by atoms with Crippen LogP contribution in [-0.2, 0) is 17.8 Å². The Balaban J connectivity index is 1.27. The second-order valence-electron chi connectivity index (χ2n) is 8.62. The summed E-state index contributed by atoms with van der Waals surface area (Å²) >= 11 is 6.33. The van der Waals surface area contributed by atoms with E-state index in [-0.39, 0.29) is 5.92 Å². The van der Waals surface area contributed by atoms with E-state index in [9.17, 15) is 4.79 Å². The molecule has 2 aromatic rings. The summed E-state index contributed by atoms with van der Waals surface area (Å²) in [6, 6.07) is 18.8. The first-order valence-electron chi connectivity index (χ1n) is 11.0. The summed E-state index contributed by atoms with van der Waals surface area (Å²) in [6.07, 6.45) is 5.48. The van der Waals surface area contributed by atoms with Crippen molar-refractivity contribution in [3.8, 4) is 0 Å². The van der Waals surface area contributed by atoms with Gasteiger partial charge in [0.05, 0.1) is 5.92 Å². The first kappa shape index (κ1) is 20.4. The highest BCUT2D eigenvalue weighted by atomic mass is 35.5. The van der Waals surface area contributed by atoms with Gasteiger partial charge in [-0.15, -0.1) is 0 Å². The fourth-order valence-corrected chi connectivity index (χ4v) is 5.03. The number of halogens is 1. The molecule has 0 aliphatic carbocycles. The van der Waals surface area contributed by atoms with Gasteiger partial charge in [-0.25, -0.2) is 0 Å². The Kier molecular flexibility index (Phi) is 6.89. The Morgan fingerprint density at radius 2 is 1.66 bits per heavy atom. The smallest absolute Gasteiger partial charge is 0.226 e. The lowest BCUT2D eigenvalue weighted by molar-refractivity contribution is -0.138. The van der Waals surface area contributed by atoms with Crippen molar-refractivity contribution in [3.05, 3.63) is 70.7 Å². The highest BCUT2D eigenvalue weighted by molar-refractivity contribution is 6.31. The third-order valence-corrected chi connectivity index (χ3v) is 6.87. The Labute approximate surface area is 179 Å². The van der Waals surface area contributed by atoms with Crippen LogP contribution in [0.5, 0.6) is 0 Å². The first-order valence-corrected chi connectivity index (χ1v) is 11.4. The zero-order valence-electron chi connectivity index (χ0n) is 17.1. The number of likely N-dealkylation sites (tertiary alicyclic amines) is 2. The topological polar surface area (TPSA) is 23.6 Å². The molecule has 1 amide bonds. The fraction of sp³-hybridized carbons (Fsp3) is 0.480. The average Bonchev–Trinajstić information content (AvgIpc) is 2.76. The molecular formula is C25H31ClN2O. The normalized spacial score (nSPS) is 21.3. The van der Waals surface area contributed by atoms with E-state index >= 15 is 0 Å². The molecule has 2 aromatic carbocycles. The van der Waals surface area contributed by atoms with Gasteiger partial charge in [-0.3, -0.25) is 9.69 Å². The van der Waals surface area contributed by atoms with Crippen molar-refractivity contribution >= 4 is 17.5 Å². The van der Waals surface area contributed by atoms with E-state index in [1.54, 1.807) is 0 Å². The molecule has 2 aliphatic heterocycles. The molecule has 0 N–H and O–H groups in total. The highest BCUT2D eigenvalue weighted by Crippen LogP contribution is 2.26. The second-order valence-corrected chi connectivity index (χ2v) is 9.03. The molecule has 1 atom stereocenters. The Morgan fingerprint density at radius 3 is 2.41 bits per heavy atom. The number of hydrogen-bond acceptors (Lipinski definition) is 2. The van der Waals surface area contributed by atoms with Crippen molar-refractivity contribution in [3.63, 3.8) is 0 Å². The Hall–Kier alpha value is -1.84. The number of carbonyl (C=O) groups excluding carboxylic acids is 1. The largest absolute Gasteiger partial charge is 0.342 e. The minimum atomic E-state index is 0.136. The summed E-state index contributed by atoms with van der Waals surface area (Å²) in [6.45, 7) is 4.57. The maximum atomic E-state index is 13.2. The van der Waals surface area contributed by atoms with Crippen molar-refractivity contribution in [2.75, 3.05) is 26.2 Å². The molecule has 29 heavy (non-hydrogen) atoms. The van der Waals surface area contributed by atoms with Crippen LogP contribution in [-0.4, -0.2) is 41.9 Å². The quantitative estimate of drug-likeness (QED) is 0.689. The molecule has 2 saturated heterocycles. The minimum absolute atomic E-state index is 0.136. The lowest BCUT2D eigenvalue weighted by Crippen LogP contribution is -2.47. The van der Waals surface area contributed by atoms with Gasteiger partial charge < -0.3 is 4.90 Å². The monoisotopic (exact) mass is 410 g/mol. The highest BCUT2D eigenvalue weighted by Gasteiger charge is 2.31. The number of hydrogen-bond donors (Lipinski definition) is 0. The van der Waals surface area contributed by atoms with E-state index in [2.05, 4.69) is 46.2 Å². The van der Waals surface area contributed by atoms with Crippen LogP contribution >= 0.6 is 11.6 Å². The molecule has 0 saturated carbocycles. The van der Waals surface area contributed by atoms with E-state index in [4.69, 9.17) is 11.6 Å². The maximum Gasteiger partial charge on any atom is 0.226 e. The summed E-state index contributed by atoms with van der Waals surface area (Å²) in [5.41, 5.74) is 2.57. The SMILES string of the molecule is O=C(C1CCCN(Cc2ccccc2Cl)C1)N1CCC(Cc2ccccc2)CC1. The van der Waals surface area contributed by atoms with Crippen LogP contribution in [0.4, 0.5) is 0 Å². The summed E-state index contributed by atoms with van der Waals surface area (Å²) in [5, 5.41) is 0.821. The van der Waals surface area contributed by atoms with Crippen LogP contribution in [0.1, 0.15) is 36.8 Å². The van der Waals surface area contributed by atoms with Crippen molar-refractivity contribution < 1.29 is 4.79 Å². The minimum Gasteiger partial charge on any atom is -0.342 e. The predicted molar refractivity (Wildman–Crippen MR) is 119 cm³/mol. The molecule has 2 aliphatic rings. The number of benzene rings is 2. The Morgan fingerprint density at radius 1 is 0.931 bits per heavy atom. The van der Waals surface area contributed by atoms with Crippen LogP contribution in [0.3, 0.4) is 0 Å². The van der Waals surface area contributed by atoms with Gasteiger partial charge >= 0.3 is 0 Å². The summed E-state index contributed by atoms with van der Waals surface area (Å²) < 4.78 is 0. The Bertz CT molecular complexity index is 801. The van der Waals surface area contributed by atoms with Gasteiger partial charge in [0.1, 0.15) is 0 Å². The summed E-state index contributed by atoms with van der Waals surface area (Å²) in [4.78, 5) is 17.7. The average molecular weight is 411 g/mol. The van der Waals surface area contributed by atoms with E-state index in [1.165, 1.54) is 5.56 Å². The molecule has 4 rings (SSSR count). The van der Waals surface area contributed by atoms with Crippen LogP contribution in [0.15, 0.2) is 54.6 Å². The van der Waals surface area contributed by atoms with Crippen molar-refractivity contribution in [1.82, 2.24) is 9.80 Å². The van der Waals surface area contributed by atoms with Crippen molar-refractivity contribution in [1.29, 1.82) is 0 Å². The third-order valence-electron chi connectivity index (χ3n) is 6.50. The molecule has 2 heterocycles. The molecule has 0 radical (unpaired) electrons. The van der Waals surface area contributed by atoms with E-state index in [0.29, 0.717) is 11.8 Å². The number of amides is 1. The van der Waals surface area contributed by atoms with Crippen molar-refractivity contribution in [2.45, 2.75) is 38.6 Å². The van der Waals surface area contributed by atoms with Gasteiger partial charge in [0.15, 0.2) is 0 Å². The molecule has 154 valence electrons. The lowest BCUT2D eigenvalue weighted by atomic mass is 9.89. The van der Waals surface area contributed by atoms with Gasteiger partial charge in [0.25, 0.3) is 0 Å². The molecule has 4 heteroatoms. The summed E-state index contributed by atoms with van der Waals surface area (Å²) in [7, 11) is 0. The predicted octanol–water partition coefficient (Wildman–Crippen LogP) is 5.03. The van der Waals surface area contributed by atoms with Gasteiger partial charge in [-0.2, -0.15) is 0 Å². The molecule has 0 aromatic heterocycles. The molecule has 2 fully saturated rings. The standard InChI is InChI=1S/C25H31ClN2O/c26-24-11-5-4-9-22(24)18-27-14-6-10-23(19-27)25(29)28-15-12-21(13-16-28)17-20-7-2-1-3-8-20/h1-5,7-9,11,21,23H,6,10,12-19H2. The number of carbonyl (C=O) groups is 1. The summed E-state index contributed by atoms with van der Waals surface area (Å²) in [5.74, 6) is 1.20. The number of nitrogens with zero attached hydrogens (tertiary/aromatic N) is 2. The molecular weight excluding hydrogens is 380 g/mol. The van der Waals surface area contributed by atoms with Crippen LogP contribution < -0.4 is 0 Å². The fourth-order valence-electron chi connectivity index (χ4n) is 4.83. The van der Waals surface area contributed by atoms with Gasteiger partial charge in [0.2, 0.25) is 5.91 Å². The lowest BCUT2D eigenvalue weighted by Gasteiger charge is -2.38. The van der Waals surface area contributed by atoms with E-state index < -0.39 is 0 Å². The number of rotatable bonds is 5. The van der Waals surface area contributed by atoms with Gasteiger partial charge in [-0.1, -0.05) is 60.1 Å². The van der Waals surface area contributed by atoms with Crippen molar-refractivity contribution in [2.24, 2.45) is 11.8 Å². The molecule has 0 spiro atoms. The van der Waals surface area contributed by atoms with Gasteiger partial charge in [-0.05, 0) is 61.8 Å². The van der Waals surface area contributed by atoms with E-state index in [1.807, 2.05) is 18.2 Å². The first-order chi connectivity index (χ1) is 14.2. The zero-order chi connectivity index (χ0) is 20.1. The van der Waals surface area contributed by atoms with Crippen LogP contribution in [0.2, 0.25) is 5.02 Å². The number of piperidine rings is 2. The van der Waals surface area contributed by atoms with Crippen LogP contribution in [0, 0.1) is 11.8 Å². The zero-order valence-corrected chi connectivity index (χ0v) is 17.9. The third kappa shape index (κ3) is 5.40. The maximum absolute atomic E-state index is 13.2. The molecule has 0 bridgehead atoms. The van der Waals surface area contributed by atoms with Gasteiger partial charge in [0, 0.05) is 31.2 Å². The second kappa shape index (κ2) is 9.77. The molecule has 1 unspecified atom stereocenters. The van der Waals surface area contributed by atoms with E-state index in [0.717, 1.165) is 75.4 Å².